The van der Waals surface area contributed by atoms with Crippen molar-refractivity contribution in [3.63, 3.8) is 0 Å². The molecule has 1 rings (SSSR count). The zero-order chi connectivity index (χ0) is 7.61. The van der Waals surface area contributed by atoms with Gasteiger partial charge in [0.15, 0.2) is 0 Å². The molecular weight excluding hydrogens is 152 g/mol. The first-order valence-corrected chi connectivity index (χ1v) is 5.05. The standard InChI is InChI=1S/C6H12O3S/c1-6-3-2-4-9-10(7,8)5-6/h6H,2-5H2,1H3. The normalized spacial score (nSPS) is 33.1. The van der Waals surface area contributed by atoms with Crippen molar-refractivity contribution in [1.82, 2.24) is 0 Å². The third kappa shape index (κ3) is 2.27. The Morgan fingerprint density at radius 2 is 2.20 bits per heavy atom. The summed E-state index contributed by atoms with van der Waals surface area (Å²) < 4.78 is 26.4. The molecule has 0 bridgehead atoms. The molecule has 3 nitrogen and oxygen atoms in total. The monoisotopic (exact) mass is 164 g/mol. The predicted molar refractivity (Wildman–Crippen MR) is 38.1 cm³/mol. The second-order valence-corrected chi connectivity index (χ2v) is 4.48. The second kappa shape index (κ2) is 2.88. The lowest BCUT2D eigenvalue weighted by Crippen LogP contribution is -2.12. The third-order valence-electron chi connectivity index (χ3n) is 1.59. The van der Waals surface area contributed by atoms with Crippen LogP contribution in [0.5, 0.6) is 0 Å². The Balaban J connectivity index is 2.64. The van der Waals surface area contributed by atoms with Crippen LogP contribution in [-0.4, -0.2) is 20.8 Å². The van der Waals surface area contributed by atoms with Gasteiger partial charge in [0.2, 0.25) is 0 Å². The maximum Gasteiger partial charge on any atom is 0.267 e. The van der Waals surface area contributed by atoms with Crippen LogP contribution in [0, 0.1) is 5.92 Å². The van der Waals surface area contributed by atoms with Crippen LogP contribution >= 0.6 is 0 Å². The fourth-order valence-corrected chi connectivity index (χ4v) is 2.43. The highest BCUT2D eigenvalue weighted by molar-refractivity contribution is 7.86. The summed E-state index contributed by atoms with van der Waals surface area (Å²) in [7, 11) is -3.17. The Morgan fingerprint density at radius 3 is 2.90 bits per heavy atom. The molecule has 0 aromatic heterocycles. The molecule has 0 N–H and O–H groups in total. The van der Waals surface area contributed by atoms with Gasteiger partial charge in [0, 0.05) is 0 Å². The molecule has 0 saturated carbocycles. The molecule has 0 radical (unpaired) electrons. The molecule has 0 aromatic carbocycles. The van der Waals surface area contributed by atoms with Gasteiger partial charge in [-0.2, -0.15) is 8.42 Å². The van der Waals surface area contributed by atoms with Crippen LogP contribution in [0.15, 0.2) is 0 Å². The molecule has 1 unspecified atom stereocenters. The minimum atomic E-state index is -3.17. The van der Waals surface area contributed by atoms with E-state index in [1.807, 2.05) is 6.92 Å². The molecule has 1 aliphatic heterocycles. The first kappa shape index (κ1) is 8.01. The molecule has 60 valence electrons. The highest BCUT2D eigenvalue weighted by Crippen LogP contribution is 2.14. The first-order valence-electron chi connectivity index (χ1n) is 3.47. The molecule has 0 aromatic rings. The minimum Gasteiger partial charge on any atom is -0.270 e. The molecular formula is C6H12O3S. The van der Waals surface area contributed by atoms with E-state index >= 15 is 0 Å². The summed E-state index contributed by atoms with van der Waals surface area (Å²) in [5, 5.41) is 0. The van der Waals surface area contributed by atoms with E-state index in [4.69, 9.17) is 0 Å². The molecule has 1 saturated heterocycles. The van der Waals surface area contributed by atoms with Gasteiger partial charge in [-0.15, -0.1) is 0 Å². The van der Waals surface area contributed by atoms with Gasteiger partial charge in [0.25, 0.3) is 10.1 Å². The van der Waals surface area contributed by atoms with Gasteiger partial charge >= 0.3 is 0 Å². The summed E-state index contributed by atoms with van der Waals surface area (Å²) in [6.45, 7) is 2.30. The highest BCUT2D eigenvalue weighted by atomic mass is 32.2. The van der Waals surface area contributed by atoms with Gasteiger partial charge in [-0.05, 0) is 18.8 Å². The van der Waals surface area contributed by atoms with Crippen LogP contribution in [0.2, 0.25) is 0 Å². The Bertz CT molecular complexity index is 195. The van der Waals surface area contributed by atoms with Gasteiger partial charge in [-0.3, -0.25) is 4.18 Å². The summed E-state index contributed by atoms with van der Waals surface area (Å²) in [4.78, 5) is 0. The molecule has 0 amide bonds. The van der Waals surface area contributed by atoms with E-state index in [0.717, 1.165) is 12.8 Å². The quantitative estimate of drug-likeness (QED) is 0.496. The van der Waals surface area contributed by atoms with Crippen molar-refractivity contribution in [2.45, 2.75) is 19.8 Å². The second-order valence-electron chi connectivity index (χ2n) is 2.79. The lowest BCUT2D eigenvalue weighted by Gasteiger charge is -2.02. The molecule has 10 heavy (non-hydrogen) atoms. The summed E-state index contributed by atoms with van der Waals surface area (Å²) in [6.07, 6.45) is 1.82. The smallest absolute Gasteiger partial charge is 0.267 e. The average molecular weight is 164 g/mol. The van der Waals surface area contributed by atoms with E-state index in [0.29, 0.717) is 6.61 Å². The molecule has 1 fully saturated rings. The van der Waals surface area contributed by atoms with Crippen molar-refractivity contribution in [2.24, 2.45) is 5.92 Å². The van der Waals surface area contributed by atoms with Crippen LogP contribution in [0.25, 0.3) is 0 Å². The predicted octanol–water partition coefficient (Wildman–Crippen LogP) is 0.763. The molecule has 1 aliphatic rings. The van der Waals surface area contributed by atoms with Crippen molar-refractivity contribution >= 4 is 10.1 Å². The SMILES string of the molecule is CC1CCCOS(=O)(=O)C1. The molecule has 1 heterocycles. The maximum atomic E-state index is 10.9. The highest BCUT2D eigenvalue weighted by Gasteiger charge is 2.19. The van der Waals surface area contributed by atoms with Gasteiger partial charge in [0.05, 0.1) is 12.4 Å². The van der Waals surface area contributed by atoms with Crippen LogP contribution in [0.3, 0.4) is 0 Å². The largest absolute Gasteiger partial charge is 0.270 e. The number of rotatable bonds is 0. The van der Waals surface area contributed by atoms with Crippen molar-refractivity contribution in [3.05, 3.63) is 0 Å². The zero-order valence-electron chi connectivity index (χ0n) is 6.04. The first-order chi connectivity index (χ1) is 4.60. The summed E-state index contributed by atoms with van der Waals surface area (Å²) in [5.74, 6) is 0.444. The topological polar surface area (TPSA) is 43.4 Å². The van der Waals surface area contributed by atoms with Gasteiger partial charge in [0.1, 0.15) is 0 Å². The van der Waals surface area contributed by atoms with E-state index in [2.05, 4.69) is 4.18 Å². The van der Waals surface area contributed by atoms with E-state index in [-0.39, 0.29) is 11.7 Å². The van der Waals surface area contributed by atoms with Crippen molar-refractivity contribution in [3.8, 4) is 0 Å². The van der Waals surface area contributed by atoms with E-state index < -0.39 is 10.1 Å². The van der Waals surface area contributed by atoms with E-state index in [1.54, 1.807) is 0 Å². The van der Waals surface area contributed by atoms with Crippen molar-refractivity contribution < 1.29 is 12.6 Å². The van der Waals surface area contributed by atoms with E-state index in [9.17, 15) is 8.42 Å². The van der Waals surface area contributed by atoms with Gasteiger partial charge in [-0.25, -0.2) is 0 Å². The Morgan fingerprint density at radius 1 is 1.50 bits per heavy atom. The third-order valence-corrected chi connectivity index (χ3v) is 3.10. The van der Waals surface area contributed by atoms with Crippen molar-refractivity contribution in [1.29, 1.82) is 0 Å². The fraction of sp³-hybridized carbons (Fsp3) is 1.00. The van der Waals surface area contributed by atoms with E-state index in [1.165, 1.54) is 0 Å². The maximum absolute atomic E-state index is 10.9. The van der Waals surface area contributed by atoms with Gasteiger partial charge < -0.3 is 0 Å². The molecule has 4 heteroatoms. The Kier molecular flexibility index (Phi) is 2.31. The number of hydrogen-bond acceptors (Lipinski definition) is 3. The van der Waals surface area contributed by atoms with Crippen LogP contribution in [-0.2, 0) is 14.3 Å². The Labute approximate surface area is 61.5 Å². The molecule has 0 aliphatic carbocycles. The van der Waals surface area contributed by atoms with Crippen LogP contribution < -0.4 is 0 Å². The Hall–Kier alpha value is -0.0900. The van der Waals surface area contributed by atoms with Crippen LogP contribution in [0.1, 0.15) is 19.8 Å². The van der Waals surface area contributed by atoms with Gasteiger partial charge in [-0.1, -0.05) is 6.92 Å². The molecule has 1 atom stereocenters. The van der Waals surface area contributed by atoms with Crippen molar-refractivity contribution in [2.75, 3.05) is 12.4 Å². The zero-order valence-corrected chi connectivity index (χ0v) is 6.86. The lowest BCUT2D eigenvalue weighted by atomic mass is 10.1. The molecule has 0 spiro atoms. The summed E-state index contributed by atoms with van der Waals surface area (Å²) >= 11 is 0. The summed E-state index contributed by atoms with van der Waals surface area (Å²) in [6, 6.07) is 0. The summed E-state index contributed by atoms with van der Waals surface area (Å²) in [5.41, 5.74) is 0. The number of hydrogen-bond donors (Lipinski definition) is 0. The lowest BCUT2D eigenvalue weighted by molar-refractivity contribution is 0.319. The fourth-order valence-electron chi connectivity index (χ4n) is 1.10. The average Bonchev–Trinajstić information content (AvgIpc) is 1.90. The van der Waals surface area contributed by atoms with Crippen LogP contribution in [0.4, 0.5) is 0 Å². The minimum absolute atomic E-state index is 0.188.